The van der Waals surface area contributed by atoms with E-state index in [1.807, 2.05) is 20.8 Å². The minimum Gasteiger partial charge on any atom is -0.462 e. The molecular weight excluding hydrogens is 330 g/mol. The Hall–Kier alpha value is -1.26. The molecule has 1 saturated heterocycles. The summed E-state index contributed by atoms with van der Waals surface area (Å²) in [7, 11) is 0. The van der Waals surface area contributed by atoms with Gasteiger partial charge in [0.2, 0.25) is 0 Å². The van der Waals surface area contributed by atoms with Gasteiger partial charge in [-0.15, -0.1) is 0 Å². The summed E-state index contributed by atoms with van der Waals surface area (Å²) in [5.74, 6) is 0.544. The van der Waals surface area contributed by atoms with Crippen LogP contribution < -0.4 is 5.32 Å². The minimum absolute atomic E-state index is 0.00414. The number of esters is 1. The van der Waals surface area contributed by atoms with Crippen LogP contribution in [0.4, 0.5) is 4.79 Å². The Kier molecular flexibility index (Phi) is 7.78. The molecule has 1 aliphatic heterocycles. The molecule has 2 rings (SSSR count). The average Bonchev–Trinajstić information content (AvgIpc) is 2.90. The van der Waals surface area contributed by atoms with Gasteiger partial charge in [-0.25, -0.2) is 4.79 Å². The van der Waals surface area contributed by atoms with Crippen LogP contribution in [0, 0.1) is 11.8 Å². The number of nitrogens with one attached hydrogen (secondary N) is 1. The van der Waals surface area contributed by atoms with E-state index in [-0.39, 0.29) is 30.1 Å². The van der Waals surface area contributed by atoms with E-state index in [4.69, 9.17) is 9.47 Å². The zero-order valence-electron chi connectivity index (χ0n) is 17.0. The molecule has 5 nitrogen and oxygen atoms in total. The van der Waals surface area contributed by atoms with E-state index in [9.17, 15) is 9.59 Å². The van der Waals surface area contributed by atoms with Crippen molar-refractivity contribution in [3.63, 3.8) is 0 Å². The van der Waals surface area contributed by atoms with Crippen molar-refractivity contribution in [1.29, 1.82) is 0 Å². The lowest BCUT2D eigenvalue weighted by Gasteiger charge is -2.33. The van der Waals surface area contributed by atoms with Gasteiger partial charge in [0.05, 0.1) is 5.92 Å². The van der Waals surface area contributed by atoms with Crippen molar-refractivity contribution in [2.45, 2.75) is 110 Å². The molecule has 0 radical (unpaired) electrons. The summed E-state index contributed by atoms with van der Waals surface area (Å²) in [4.78, 5) is 24.1. The zero-order chi connectivity index (χ0) is 19.2. The SMILES string of the molecule is CCCC[C@@H]1C[C@H](CCC2CCCCC2NC(=O)OC(C)(C)C)OC1=O. The first-order valence-corrected chi connectivity index (χ1v) is 10.5. The lowest BCUT2D eigenvalue weighted by atomic mass is 9.81. The number of ether oxygens (including phenoxy) is 2. The molecule has 0 aromatic heterocycles. The Labute approximate surface area is 158 Å². The molecule has 0 bridgehead atoms. The molecule has 0 aromatic carbocycles. The summed E-state index contributed by atoms with van der Waals surface area (Å²) in [6, 6.07) is 0.173. The topological polar surface area (TPSA) is 64.6 Å². The predicted molar refractivity (Wildman–Crippen MR) is 102 cm³/mol. The normalized spacial score (nSPS) is 29.3. The second-order valence-electron chi connectivity index (χ2n) is 9.01. The molecular formula is C21H37NO4. The van der Waals surface area contributed by atoms with Gasteiger partial charge in [0, 0.05) is 6.04 Å². The molecule has 2 fully saturated rings. The first kappa shape index (κ1) is 21.0. The Balaban J connectivity index is 1.79. The molecule has 1 aliphatic carbocycles. The maximum absolute atomic E-state index is 12.1. The van der Waals surface area contributed by atoms with Gasteiger partial charge in [0.1, 0.15) is 11.7 Å². The molecule has 26 heavy (non-hydrogen) atoms. The van der Waals surface area contributed by atoms with Gasteiger partial charge in [0.25, 0.3) is 0 Å². The fourth-order valence-electron chi connectivity index (χ4n) is 4.19. The number of cyclic esters (lactones) is 1. The van der Waals surface area contributed by atoms with E-state index >= 15 is 0 Å². The second-order valence-corrected chi connectivity index (χ2v) is 9.01. The van der Waals surface area contributed by atoms with Gasteiger partial charge < -0.3 is 14.8 Å². The van der Waals surface area contributed by atoms with Gasteiger partial charge in [-0.1, -0.05) is 32.6 Å². The summed E-state index contributed by atoms with van der Waals surface area (Å²) in [6.07, 6.45) is 10.2. The minimum atomic E-state index is -0.472. The summed E-state index contributed by atoms with van der Waals surface area (Å²) in [5.41, 5.74) is -0.472. The number of alkyl carbamates (subject to hydrolysis) is 1. The van der Waals surface area contributed by atoms with Crippen LogP contribution in [0.2, 0.25) is 0 Å². The fourth-order valence-corrected chi connectivity index (χ4v) is 4.19. The van der Waals surface area contributed by atoms with Gasteiger partial charge >= 0.3 is 12.1 Å². The van der Waals surface area contributed by atoms with Crippen molar-refractivity contribution in [2.24, 2.45) is 11.8 Å². The third-order valence-electron chi connectivity index (χ3n) is 5.54. The molecule has 2 aliphatic rings. The van der Waals surface area contributed by atoms with Crippen LogP contribution in [-0.2, 0) is 14.3 Å². The van der Waals surface area contributed by atoms with Crippen molar-refractivity contribution in [3.05, 3.63) is 0 Å². The van der Waals surface area contributed by atoms with E-state index in [1.54, 1.807) is 0 Å². The van der Waals surface area contributed by atoms with Crippen molar-refractivity contribution < 1.29 is 19.1 Å². The molecule has 1 N–H and O–H groups in total. The van der Waals surface area contributed by atoms with Gasteiger partial charge in [-0.2, -0.15) is 0 Å². The van der Waals surface area contributed by atoms with Crippen LogP contribution >= 0.6 is 0 Å². The van der Waals surface area contributed by atoms with Crippen LogP contribution in [0.1, 0.15) is 91.9 Å². The zero-order valence-corrected chi connectivity index (χ0v) is 17.0. The largest absolute Gasteiger partial charge is 0.462 e. The number of amides is 1. The molecule has 1 saturated carbocycles. The number of rotatable bonds is 7. The van der Waals surface area contributed by atoms with Crippen molar-refractivity contribution >= 4 is 12.1 Å². The van der Waals surface area contributed by atoms with Crippen LogP contribution in [0.15, 0.2) is 0 Å². The Morgan fingerprint density at radius 1 is 1.19 bits per heavy atom. The van der Waals surface area contributed by atoms with Crippen molar-refractivity contribution in [3.8, 4) is 0 Å². The number of unbranched alkanes of at least 4 members (excludes halogenated alkanes) is 1. The second kappa shape index (κ2) is 9.61. The highest BCUT2D eigenvalue weighted by molar-refractivity contribution is 5.74. The molecule has 1 amide bonds. The van der Waals surface area contributed by atoms with Gasteiger partial charge in [-0.05, 0) is 65.2 Å². The molecule has 150 valence electrons. The van der Waals surface area contributed by atoms with E-state index in [2.05, 4.69) is 12.2 Å². The lowest BCUT2D eigenvalue weighted by Crippen LogP contribution is -2.44. The maximum atomic E-state index is 12.1. The van der Waals surface area contributed by atoms with Crippen LogP contribution in [0.25, 0.3) is 0 Å². The molecule has 2 unspecified atom stereocenters. The van der Waals surface area contributed by atoms with E-state index in [0.29, 0.717) is 5.92 Å². The van der Waals surface area contributed by atoms with Gasteiger partial charge in [-0.3, -0.25) is 4.79 Å². The fraction of sp³-hybridized carbons (Fsp3) is 0.905. The summed E-state index contributed by atoms with van der Waals surface area (Å²) >= 11 is 0. The first-order chi connectivity index (χ1) is 12.3. The van der Waals surface area contributed by atoms with E-state index < -0.39 is 5.60 Å². The van der Waals surface area contributed by atoms with Crippen LogP contribution in [0.5, 0.6) is 0 Å². The summed E-state index contributed by atoms with van der Waals surface area (Å²) in [5, 5.41) is 3.08. The molecule has 4 atom stereocenters. The maximum Gasteiger partial charge on any atom is 0.407 e. The van der Waals surface area contributed by atoms with E-state index in [1.165, 1.54) is 6.42 Å². The highest BCUT2D eigenvalue weighted by Crippen LogP contribution is 2.33. The summed E-state index contributed by atoms with van der Waals surface area (Å²) in [6.45, 7) is 7.80. The number of hydrogen-bond donors (Lipinski definition) is 1. The highest BCUT2D eigenvalue weighted by atomic mass is 16.6. The Morgan fingerprint density at radius 3 is 2.62 bits per heavy atom. The average molecular weight is 368 g/mol. The standard InChI is InChI=1S/C21H37NO4/c1-5-6-9-16-14-17(25-19(16)23)13-12-15-10-7-8-11-18(15)22-20(24)26-21(2,3)4/h15-18H,5-14H2,1-4H3,(H,22,24)/t15?,16-,17+,18?/m1/s1. The molecule has 1 heterocycles. The lowest BCUT2D eigenvalue weighted by molar-refractivity contribution is -0.144. The molecule has 0 aromatic rings. The van der Waals surface area contributed by atoms with Crippen LogP contribution in [0.3, 0.4) is 0 Å². The molecule has 5 heteroatoms. The summed E-state index contributed by atoms with van der Waals surface area (Å²) < 4.78 is 11.0. The Morgan fingerprint density at radius 2 is 1.92 bits per heavy atom. The number of carbonyl (C=O) groups excluding carboxylic acids is 2. The number of carbonyl (C=O) groups is 2. The Bertz CT molecular complexity index is 471. The first-order valence-electron chi connectivity index (χ1n) is 10.5. The third kappa shape index (κ3) is 6.81. The third-order valence-corrected chi connectivity index (χ3v) is 5.54. The van der Waals surface area contributed by atoms with Crippen LogP contribution in [-0.4, -0.2) is 29.8 Å². The van der Waals surface area contributed by atoms with E-state index in [0.717, 1.165) is 57.8 Å². The highest BCUT2D eigenvalue weighted by Gasteiger charge is 2.35. The quantitative estimate of drug-likeness (QED) is 0.645. The molecule has 0 spiro atoms. The van der Waals surface area contributed by atoms with Gasteiger partial charge in [0.15, 0.2) is 0 Å². The predicted octanol–water partition coefficient (Wildman–Crippen LogP) is 4.97. The van der Waals surface area contributed by atoms with Crippen molar-refractivity contribution in [2.75, 3.05) is 0 Å². The smallest absolute Gasteiger partial charge is 0.407 e. The number of hydrogen-bond acceptors (Lipinski definition) is 4. The van der Waals surface area contributed by atoms with Crippen molar-refractivity contribution in [1.82, 2.24) is 5.32 Å². The monoisotopic (exact) mass is 367 g/mol.